The number of nitrogens with two attached hydrogens (primary N) is 1. The molecule has 6 rings (SSSR count). The van der Waals surface area contributed by atoms with Crippen molar-refractivity contribution in [3.8, 4) is 11.1 Å². The molecule has 1 saturated heterocycles. The van der Waals surface area contributed by atoms with Gasteiger partial charge in [0.2, 0.25) is 5.91 Å². The molecular weight excluding hydrogens is 585 g/mol. The van der Waals surface area contributed by atoms with Crippen LogP contribution < -0.4 is 16.4 Å². The van der Waals surface area contributed by atoms with E-state index in [1.54, 1.807) is 16.7 Å². The summed E-state index contributed by atoms with van der Waals surface area (Å²) < 4.78 is 16.0. The quantitative estimate of drug-likeness (QED) is 0.200. The standard InChI is InChI=1S/C29H34FN3O2.C7H14N2O2/c1-3-29(4-2)16-25-27(22-13-11-19(30)15-24(22)33(25)26(34)17-29)18-10-12-21(28(31)35)23(14-18)32-20-8-6-5-7-9-20;10-7(11)8-3-6-9-4-1-2-5-9/h10-15,20,32H,3-9,16-17H2,1-2H3,(H2,31,35);8H,1-6H2,(H,10,11). The summed E-state index contributed by atoms with van der Waals surface area (Å²) in [4.78, 5) is 38.0. The maximum Gasteiger partial charge on any atom is 0.404 e. The Bertz CT molecular complexity index is 1570. The molecule has 3 aromatic rings. The number of benzene rings is 2. The van der Waals surface area contributed by atoms with E-state index in [0.29, 0.717) is 30.1 Å². The molecule has 1 aliphatic carbocycles. The fourth-order valence-electron chi connectivity index (χ4n) is 7.48. The first-order valence-corrected chi connectivity index (χ1v) is 16.9. The smallest absolute Gasteiger partial charge is 0.404 e. The number of rotatable bonds is 9. The number of nitrogens with zero attached hydrogens (tertiary/aromatic N) is 2. The molecule has 46 heavy (non-hydrogen) atoms. The lowest BCUT2D eigenvalue weighted by atomic mass is 9.72. The Balaban J connectivity index is 0.000000322. The van der Waals surface area contributed by atoms with Gasteiger partial charge in [0, 0.05) is 47.9 Å². The third kappa shape index (κ3) is 7.38. The predicted molar refractivity (Wildman–Crippen MR) is 180 cm³/mol. The van der Waals surface area contributed by atoms with E-state index in [1.165, 1.54) is 44.2 Å². The molecule has 1 saturated carbocycles. The number of primary amides is 1. The van der Waals surface area contributed by atoms with Crippen LogP contribution in [0.15, 0.2) is 36.4 Å². The second-order valence-electron chi connectivity index (χ2n) is 13.2. The van der Waals surface area contributed by atoms with Gasteiger partial charge in [-0.2, -0.15) is 0 Å². The number of likely N-dealkylation sites (tertiary alicyclic amines) is 1. The van der Waals surface area contributed by atoms with Crippen molar-refractivity contribution in [2.24, 2.45) is 11.1 Å². The van der Waals surface area contributed by atoms with Crippen LogP contribution in [0.5, 0.6) is 0 Å². The molecule has 0 atom stereocenters. The number of carbonyl (C=O) groups excluding carboxylic acids is 2. The first kappa shape index (κ1) is 33.4. The van der Waals surface area contributed by atoms with Crippen molar-refractivity contribution in [3.63, 3.8) is 0 Å². The third-order valence-corrected chi connectivity index (χ3v) is 10.3. The van der Waals surface area contributed by atoms with Crippen LogP contribution in [0.3, 0.4) is 0 Å². The summed E-state index contributed by atoms with van der Waals surface area (Å²) in [6.45, 7) is 7.94. The Morgan fingerprint density at radius 1 is 1.00 bits per heavy atom. The van der Waals surface area contributed by atoms with Crippen molar-refractivity contribution < 1.29 is 23.9 Å². The molecule has 0 spiro atoms. The SMILES string of the molecule is CCC1(CC)CC(=O)n2c(c(-c3ccc(C(N)=O)c(NC4CCCCC4)c3)c3ccc(F)cc32)C1.O=C(O)NCCN1CCCC1. The maximum absolute atomic E-state index is 14.3. The summed E-state index contributed by atoms with van der Waals surface area (Å²) in [5.41, 5.74) is 10.2. The number of aromatic nitrogens is 1. The van der Waals surface area contributed by atoms with Crippen molar-refractivity contribution in [2.75, 3.05) is 31.5 Å². The highest BCUT2D eigenvalue weighted by Crippen LogP contribution is 2.46. The monoisotopic (exact) mass is 633 g/mol. The van der Waals surface area contributed by atoms with Crippen LogP contribution in [0.4, 0.5) is 14.9 Å². The maximum atomic E-state index is 14.3. The summed E-state index contributed by atoms with van der Waals surface area (Å²) in [7, 11) is 0. The van der Waals surface area contributed by atoms with E-state index in [1.807, 2.05) is 12.1 Å². The molecule has 2 amide bonds. The van der Waals surface area contributed by atoms with Gasteiger partial charge >= 0.3 is 6.09 Å². The van der Waals surface area contributed by atoms with Crippen molar-refractivity contribution in [1.29, 1.82) is 0 Å². The number of nitrogens with one attached hydrogen (secondary N) is 2. The van der Waals surface area contributed by atoms with Crippen LogP contribution in [0.1, 0.15) is 98.9 Å². The minimum atomic E-state index is -0.927. The number of amides is 2. The highest BCUT2D eigenvalue weighted by Gasteiger charge is 2.39. The lowest BCUT2D eigenvalue weighted by Crippen LogP contribution is -2.35. The number of carbonyl (C=O) groups is 3. The molecule has 0 unspecified atom stereocenters. The molecule has 1 aromatic heterocycles. The van der Waals surface area contributed by atoms with E-state index in [9.17, 15) is 18.8 Å². The Kier molecular flexibility index (Phi) is 10.7. The molecule has 0 bridgehead atoms. The molecule has 248 valence electrons. The number of anilines is 1. The zero-order valence-corrected chi connectivity index (χ0v) is 27.2. The van der Waals surface area contributed by atoms with Crippen molar-refractivity contribution in [2.45, 2.75) is 90.5 Å². The van der Waals surface area contributed by atoms with Crippen molar-refractivity contribution in [1.82, 2.24) is 14.8 Å². The van der Waals surface area contributed by atoms with E-state index in [4.69, 9.17) is 10.8 Å². The van der Waals surface area contributed by atoms with Gasteiger partial charge in [-0.15, -0.1) is 0 Å². The summed E-state index contributed by atoms with van der Waals surface area (Å²) in [6, 6.07) is 10.7. The predicted octanol–water partition coefficient (Wildman–Crippen LogP) is 7.03. The molecular formula is C36H48FN5O4. The van der Waals surface area contributed by atoms with Crippen molar-refractivity contribution >= 4 is 34.5 Å². The fourth-order valence-corrected chi connectivity index (χ4v) is 7.48. The fraction of sp³-hybridized carbons (Fsp3) is 0.528. The van der Waals surface area contributed by atoms with Gasteiger partial charge in [-0.25, -0.2) is 9.18 Å². The Morgan fingerprint density at radius 3 is 2.37 bits per heavy atom. The van der Waals surface area contributed by atoms with Gasteiger partial charge in [-0.3, -0.25) is 14.2 Å². The highest BCUT2D eigenvalue weighted by atomic mass is 19.1. The van der Waals surface area contributed by atoms with Crippen LogP contribution in [-0.2, 0) is 6.42 Å². The number of fused-ring (bicyclic) bond motifs is 3. The van der Waals surface area contributed by atoms with E-state index >= 15 is 0 Å². The third-order valence-electron chi connectivity index (χ3n) is 10.3. The van der Waals surface area contributed by atoms with Crippen LogP contribution in [0.2, 0.25) is 0 Å². The zero-order chi connectivity index (χ0) is 32.8. The van der Waals surface area contributed by atoms with Gasteiger partial charge in [0.15, 0.2) is 0 Å². The lowest BCUT2D eigenvalue weighted by molar-refractivity contribution is 0.0769. The molecule has 10 heteroatoms. The van der Waals surface area contributed by atoms with Gasteiger partial charge < -0.3 is 26.4 Å². The largest absolute Gasteiger partial charge is 0.465 e. The molecule has 2 aromatic carbocycles. The topological polar surface area (TPSA) is 130 Å². The van der Waals surface area contributed by atoms with Gasteiger partial charge in [0.25, 0.3) is 5.91 Å². The first-order valence-electron chi connectivity index (χ1n) is 16.9. The zero-order valence-electron chi connectivity index (χ0n) is 27.2. The Labute approximate surface area is 270 Å². The van der Waals surface area contributed by atoms with Gasteiger partial charge in [0.05, 0.1) is 11.1 Å². The Hall–Kier alpha value is -3.92. The lowest BCUT2D eigenvalue weighted by Gasteiger charge is -2.36. The Morgan fingerprint density at radius 2 is 1.72 bits per heavy atom. The second-order valence-corrected chi connectivity index (χ2v) is 13.2. The van der Waals surface area contributed by atoms with E-state index in [0.717, 1.165) is 79.6 Å². The molecule has 9 nitrogen and oxygen atoms in total. The molecule has 2 fully saturated rings. The van der Waals surface area contributed by atoms with Crippen molar-refractivity contribution in [3.05, 3.63) is 53.5 Å². The van der Waals surface area contributed by atoms with Crippen LogP contribution in [-0.4, -0.2) is 64.7 Å². The molecule has 0 radical (unpaired) electrons. The average molecular weight is 634 g/mol. The number of hydrogen-bond donors (Lipinski definition) is 4. The normalized spacial score (nSPS) is 18.1. The van der Waals surface area contributed by atoms with Gasteiger partial charge in [-0.05, 0) is 99.3 Å². The second kappa shape index (κ2) is 14.7. The molecule has 3 heterocycles. The van der Waals surface area contributed by atoms with Crippen LogP contribution >= 0.6 is 0 Å². The van der Waals surface area contributed by atoms with E-state index in [2.05, 4.69) is 29.4 Å². The summed E-state index contributed by atoms with van der Waals surface area (Å²) in [5.74, 6) is -0.804. The van der Waals surface area contributed by atoms with E-state index in [-0.39, 0.29) is 17.1 Å². The average Bonchev–Trinajstić information content (AvgIpc) is 3.67. The highest BCUT2D eigenvalue weighted by molar-refractivity contribution is 6.06. The molecule has 3 aliphatic rings. The minimum Gasteiger partial charge on any atom is -0.465 e. The summed E-state index contributed by atoms with van der Waals surface area (Å²) in [6.07, 6.45) is 10.3. The van der Waals surface area contributed by atoms with Crippen LogP contribution in [0.25, 0.3) is 22.0 Å². The summed E-state index contributed by atoms with van der Waals surface area (Å²) in [5, 5.41) is 15.0. The van der Waals surface area contributed by atoms with E-state index < -0.39 is 12.0 Å². The van der Waals surface area contributed by atoms with Crippen LogP contribution in [0, 0.1) is 11.2 Å². The molecule has 5 N–H and O–H groups in total. The number of halogens is 1. The first-order chi connectivity index (χ1) is 22.1. The number of carboxylic acid groups (broad SMARTS) is 1. The molecule has 2 aliphatic heterocycles. The summed E-state index contributed by atoms with van der Waals surface area (Å²) >= 11 is 0. The number of hydrogen-bond acceptors (Lipinski definition) is 5. The van der Waals surface area contributed by atoms with Gasteiger partial charge in [0.1, 0.15) is 5.82 Å². The minimum absolute atomic E-state index is 0.0195. The van der Waals surface area contributed by atoms with Gasteiger partial charge in [-0.1, -0.05) is 39.2 Å².